The average molecular weight is 249 g/mol. The Labute approximate surface area is 102 Å². The van der Waals surface area contributed by atoms with Crippen LogP contribution in [0.25, 0.3) is 0 Å². The number of nitrogens with zero attached hydrogens (tertiary/aromatic N) is 2. The highest BCUT2D eigenvalue weighted by molar-refractivity contribution is 6.00. The normalized spacial score (nSPS) is 11.8. The fourth-order valence-electron chi connectivity index (χ4n) is 1.23. The number of aromatic amines is 1. The minimum absolute atomic E-state index is 0.226. The van der Waals surface area contributed by atoms with Gasteiger partial charge >= 0.3 is 0 Å². The van der Waals surface area contributed by atoms with Gasteiger partial charge in [-0.2, -0.15) is 10.1 Å². The van der Waals surface area contributed by atoms with Gasteiger partial charge in [0.15, 0.2) is 0 Å². The third-order valence-electron chi connectivity index (χ3n) is 2.18. The van der Waals surface area contributed by atoms with Gasteiger partial charge in [-0.05, 0) is 13.0 Å². The zero-order valence-corrected chi connectivity index (χ0v) is 9.51. The number of furan rings is 1. The van der Waals surface area contributed by atoms with Crippen LogP contribution in [0.15, 0.2) is 29.3 Å². The molecule has 0 aliphatic carbocycles. The summed E-state index contributed by atoms with van der Waals surface area (Å²) >= 11 is 0. The molecule has 0 unspecified atom stereocenters. The van der Waals surface area contributed by atoms with Crippen LogP contribution in [0.1, 0.15) is 17.3 Å². The molecule has 8 nitrogen and oxygen atoms in total. The molecule has 0 radical (unpaired) electrons. The number of carbonyl (C=O) groups excluding carboxylic acids is 2. The predicted octanol–water partition coefficient (Wildman–Crippen LogP) is 0.155. The molecule has 0 fully saturated rings. The van der Waals surface area contributed by atoms with Gasteiger partial charge in [-0.1, -0.05) is 0 Å². The van der Waals surface area contributed by atoms with Crippen molar-refractivity contribution < 1.29 is 14.0 Å². The lowest BCUT2D eigenvalue weighted by atomic mass is 10.2. The van der Waals surface area contributed by atoms with E-state index in [4.69, 9.17) is 4.42 Å². The van der Waals surface area contributed by atoms with E-state index in [0.717, 1.165) is 0 Å². The van der Waals surface area contributed by atoms with Crippen LogP contribution in [-0.4, -0.2) is 33.0 Å². The third-order valence-corrected chi connectivity index (χ3v) is 2.18. The van der Waals surface area contributed by atoms with E-state index in [9.17, 15) is 9.59 Å². The van der Waals surface area contributed by atoms with Crippen molar-refractivity contribution in [2.24, 2.45) is 0 Å². The van der Waals surface area contributed by atoms with Crippen molar-refractivity contribution in [1.29, 1.82) is 0 Å². The van der Waals surface area contributed by atoms with E-state index >= 15 is 0 Å². The predicted molar refractivity (Wildman–Crippen MR) is 60.6 cm³/mol. The summed E-state index contributed by atoms with van der Waals surface area (Å²) < 4.78 is 4.78. The van der Waals surface area contributed by atoms with E-state index in [1.807, 2.05) is 0 Å². The second kappa shape index (κ2) is 5.13. The number of hydrogen-bond acceptors (Lipinski definition) is 5. The molecule has 2 rings (SSSR count). The molecule has 2 aromatic rings. The topological polar surface area (TPSA) is 113 Å². The second-order valence-corrected chi connectivity index (χ2v) is 3.53. The number of carbonyl (C=O) groups is 2. The number of anilines is 1. The quantitative estimate of drug-likeness (QED) is 0.714. The lowest BCUT2D eigenvalue weighted by molar-refractivity contribution is -0.117. The van der Waals surface area contributed by atoms with Crippen LogP contribution in [-0.2, 0) is 4.79 Å². The molecule has 0 aromatic carbocycles. The van der Waals surface area contributed by atoms with Gasteiger partial charge in [0.25, 0.3) is 5.91 Å². The Morgan fingerprint density at radius 2 is 2.33 bits per heavy atom. The molecule has 94 valence electrons. The first-order valence-electron chi connectivity index (χ1n) is 5.16. The van der Waals surface area contributed by atoms with Gasteiger partial charge in [0.2, 0.25) is 11.9 Å². The summed E-state index contributed by atoms with van der Waals surface area (Å²) in [5, 5.41) is 11.1. The Morgan fingerprint density at radius 1 is 1.50 bits per heavy atom. The van der Waals surface area contributed by atoms with Crippen molar-refractivity contribution in [2.75, 3.05) is 5.32 Å². The lowest BCUT2D eigenvalue weighted by Crippen LogP contribution is -2.41. The Bertz CT molecular complexity index is 520. The molecule has 0 aliphatic heterocycles. The van der Waals surface area contributed by atoms with E-state index in [1.165, 1.54) is 24.9 Å². The fourth-order valence-corrected chi connectivity index (χ4v) is 1.23. The van der Waals surface area contributed by atoms with Crippen molar-refractivity contribution in [3.05, 3.63) is 30.5 Å². The summed E-state index contributed by atoms with van der Waals surface area (Å²) in [7, 11) is 0. The lowest BCUT2D eigenvalue weighted by Gasteiger charge is -2.11. The van der Waals surface area contributed by atoms with Crippen LogP contribution < -0.4 is 10.6 Å². The van der Waals surface area contributed by atoms with Crippen molar-refractivity contribution in [1.82, 2.24) is 20.5 Å². The number of hydrogen-bond donors (Lipinski definition) is 3. The van der Waals surface area contributed by atoms with E-state index < -0.39 is 11.9 Å². The maximum atomic E-state index is 11.7. The molecule has 2 amide bonds. The summed E-state index contributed by atoms with van der Waals surface area (Å²) in [6.07, 6.45) is 3.95. The first-order valence-corrected chi connectivity index (χ1v) is 5.16. The van der Waals surface area contributed by atoms with Crippen LogP contribution in [0.4, 0.5) is 5.95 Å². The molecule has 0 bridgehead atoms. The minimum Gasteiger partial charge on any atom is -0.472 e. The molecule has 1 atom stereocenters. The molecule has 8 heteroatoms. The molecule has 0 aliphatic rings. The van der Waals surface area contributed by atoms with Gasteiger partial charge in [0, 0.05) is 0 Å². The molecular weight excluding hydrogens is 238 g/mol. The average Bonchev–Trinajstić information content (AvgIpc) is 3.01. The summed E-state index contributed by atoms with van der Waals surface area (Å²) in [5.41, 5.74) is 0.356. The van der Waals surface area contributed by atoms with Gasteiger partial charge in [-0.3, -0.25) is 14.9 Å². The van der Waals surface area contributed by atoms with Crippen LogP contribution in [0.5, 0.6) is 0 Å². The van der Waals surface area contributed by atoms with Gasteiger partial charge in [0.1, 0.15) is 18.6 Å². The Kier molecular flexibility index (Phi) is 3.37. The van der Waals surface area contributed by atoms with E-state index in [2.05, 4.69) is 25.8 Å². The minimum atomic E-state index is -0.711. The van der Waals surface area contributed by atoms with Crippen molar-refractivity contribution in [3.8, 4) is 0 Å². The molecule has 0 saturated carbocycles. The van der Waals surface area contributed by atoms with Gasteiger partial charge in [-0.15, -0.1) is 0 Å². The molecular formula is C10H11N5O3. The molecule has 2 heterocycles. The third kappa shape index (κ3) is 2.73. The largest absolute Gasteiger partial charge is 0.472 e. The second-order valence-electron chi connectivity index (χ2n) is 3.53. The summed E-state index contributed by atoms with van der Waals surface area (Å²) in [4.78, 5) is 27.1. The number of aromatic nitrogens is 3. The van der Waals surface area contributed by atoms with Crippen LogP contribution in [0.2, 0.25) is 0 Å². The Hall–Kier alpha value is -2.64. The number of rotatable bonds is 4. The van der Waals surface area contributed by atoms with E-state index in [-0.39, 0.29) is 11.9 Å². The molecule has 3 N–H and O–H groups in total. The van der Waals surface area contributed by atoms with Crippen LogP contribution in [0.3, 0.4) is 0 Å². The highest BCUT2D eigenvalue weighted by Gasteiger charge is 2.17. The standard InChI is InChI=1S/C10H11N5O3/c1-6(8(16)14-10-11-5-12-15-10)13-9(17)7-2-3-18-4-7/h2-6H,1H3,(H,13,17)(H2,11,12,14,15,16)/t6-/m0/s1. The molecule has 18 heavy (non-hydrogen) atoms. The van der Waals surface area contributed by atoms with Crippen LogP contribution in [0, 0.1) is 0 Å². The van der Waals surface area contributed by atoms with Gasteiger partial charge in [0.05, 0.1) is 11.8 Å². The zero-order chi connectivity index (χ0) is 13.0. The fraction of sp³-hybridized carbons (Fsp3) is 0.200. The maximum Gasteiger partial charge on any atom is 0.255 e. The van der Waals surface area contributed by atoms with Crippen molar-refractivity contribution in [2.45, 2.75) is 13.0 Å². The van der Waals surface area contributed by atoms with Crippen molar-refractivity contribution >= 4 is 17.8 Å². The number of nitrogens with one attached hydrogen (secondary N) is 3. The summed E-state index contributed by atoms with van der Waals surface area (Å²) in [6, 6.07) is 0.800. The summed E-state index contributed by atoms with van der Waals surface area (Å²) in [5.74, 6) is -0.558. The van der Waals surface area contributed by atoms with Gasteiger partial charge in [-0.25, -0.2) is 5.10 Å². The first-order chi connectivity index (χ1) is 8.66. The monoisotopic (exact) mass is 249 g/mol. The number of amides is 2. The molecule has 0 spiro atoms. The SMILES string of the molecule is C[C@H](NC(=O)c1ccoc1)C(=O)Nc1ncn[nH]1. The number of H-pyrrole nitrogens is 1. The highest BCUT2D eigenvalue weighted by Crippen LogP contribution is 2.01. The Morgan fingerprint density at radius 3 is 2.94 bits per heavy atom. The van der Waals surface area contributed by atoms with E-state index in [1.54, 1.807) is 6.92 Å². The van der Waals surface area contributed by atoms with Crippen LogP contribution >= 0.6 is 0 Å². The molecule has 2 aromatic heterocycles. The maximum absolute atomic E-state index is 11.7. The zero-order valence-electron chi connectivity index (χ0n) is 9.51. The molecule has 0 saturated heterocycles. The van der Waals surface area contributed by atoms with Crippen molar-refractivity contribution in [3.63, 3.8) is 0 Å². The summed E-state index contributed by atoms with van der Waals surface area (Å²) in [6.45, 7) is 1.56. The van der Waals surface area contributed by atoms with Gasteiger partial charge < -0.3 is 9.73 Å². The smallest absolute Gasteiger partial charge is 0.255 e. The highest BCUT2D eigenvalue weighted by atomic mass is 16.3. The van der Waals surface area contributed by atoms with E-state index in [0.29, 0.717) is 5.56 Å². The Balaban J connectivity index is 1.89. The first kappa shape index (κ1) is 11.8.